The van der Waals surface area contributed by atoms with E-state index in [1.807, 2.05) is 0 Å². The molecule has 1 N–H and O–H groups in total. The van der Waals surface area contributed by atoms with Crippen LogP contribution in [0.4, 0.5) is 0 Å². The highest BCUT2D eigenvalue weighted by atomic mass is 79.9. The van der Waals surface area contributed by atoms with Gasteiger partial charge in [0.05, 0.1) is 0 Å². The molecule has 1 nitrogen and oxygen atoms in total. The first-order valence-corrected chi connectivity index (χ1v) is 6.77. The molecule has 2 rings (SSSR count). The van der Waals surface area contributed by atoms with Gasteiger partial charge in [-0.3, -0.25) is 0 Å². The molecule has 2 unspecified atom stereocenters. The second-order valence-corrected chi connectivity index (χ2v) is 6.49. The average molecular weight is 282 g/mol. The zero-order chi connectivity index (χ0) is 11.8. The molecule has 2 atom stereocenters. The van der Waals surface area contributed by atoms with Gasteiger partial charge in [0.15, 0.2) is 0 Å². The Hall–Kier alpha value is -0.340. The van der Waals surface area contributed by atoms with E-state index in [4.69, 9.17) is 0 Å². The predicted molar refractivity (Wildman–Crippen MR) is 72.4 cm³/mol. The summed E-state index contributed by atoms with van der Waals surface area (Å²) >= 11 is 3.51. The summed E-state index contributed by atoms with van der Waals surface area (Å²) in [6.45, 7) is 8.07. The van der Waals surface area contributed by atoms with Gasteiger partial charge >= 0.3 is 0 Å². The largest absolute Gasteiger partial charge is 0.310 e. The molecule has 0 saturated heterocycles. The third-order valence-corrected chi connectivity index (χ3v) is 4.23. The van der Waals surface area contributed by atoms with E-state index < -0.39 is 0 Å². The highest BCUT2D eigenvalue weighted by Crippen LogP contribution is 2.51. The second kappa shape index (κ2) is 4.50. The third kappa shape index (κ3) is 2.86. The Morgan fingerprint density at radius 3 is 2.75 bits per heavy atom. The maximum absolute atomic E-state index is 3.62. The lowest BCUT2D eigenvalue weighted by atomic mass is 10.1. The fourth-order valence-corrected chi connectivity index (χ4v) is 2.55. The van der Waals surface area contributed by atoms with Crippen molar-refractivity contribution >= 4 is 15.9 Å². The maximum atomic E-state index is 3.62. The lowest BCUT2D eigenvalue weighted by molar-refractivity contribution is 0.485. The highest BCUT2D eigenvalue weighted by Gasteiger charge is 2.44. The van der Waals surface area contributed by atoms with E-state index in [0.29, 0.717) is 11.5 Å². The Labute approximate surface area is 107 Å². The van der Waals surface area contributed by atoms with Gasteiger partial charge in [0, 0.05) is 10.5 Å². The first-order chi connectivity index (χ1) is 7.49. The molecule has 1 aliphatic rings. The molecule has 1 saturated carbocycles. The van der Waals surface area contributed by atoms with Crippen LogP contribution in [0.15, 0.2) is 28.7 Å². The average Bonchev–Trinajstić information content (AvgIpc) is 2.83. The minimum atomic E-state index is 0.439. The quantitative estimate of drug-likeness (QED) is 0.875. The lowest BCUT2D eigenvalue weighted by Gasteiger charge is -2.15. The molecule has 1 aromatic rings. The zero-order valence-corrected chi connectivity index (χ0v) is 11.8. The molecule has 16 heavy (non-hydrogen) atoms. The Morgan fingerprint density at radius 1 is 1.50 bits per heavy atom. The van der Waals surface area contributed by atoms with Crippen LogP contribution in [-0.4, -0.2) is 6.54 Å². The molecular weight excluding hydrogens is 262 g/mol. The molecule has 1 aliphatic carbocycles. The highest BCUT2D eigenvalue weighted by molar-refractivity contribution is 9.10. The molecular formula is C14H20BrN. The van der Waals surface area contributed by atoms with Crippen LogP contribution >= 0.6 is 15.9 Å². The normalized spacial score (nSPS) is 24.1. The molecule has 0 heterocycles. The summed E-state index contributed by atoms with van der Waals surface area (Å²) < 4.78 is 1.16. The molecule has 0 amide bonds. The van der Waals surface area contributed by atoms with Crippen molar-refractivity contribution in [3.63, 3.8) is 0 Å². The van der Waals surface area contributed by atoms with Crippen LogP contribution in [0.25, 0.3) is 0 Å². The number of rotatable bonds is 4. The van der Waals surface area contributed by atoms with Gasteiger partial charge in [-0.2, -0.15) is 0 Å². The Kier molecular flexibility index (Phi) is 3.41. The van der Waals surface area contributed by atoms with Crippen LogP contribution < -0.4 is 5.32 Å². The second-order valence-electron chi connectivity index (χ2n) is 5.57. The number of hydrogen-bond donors (Lipinski definition) is 1. The predicted octanol–water partition coefficient (Wildman–Crippen LogP) is 4.15. The topological polar surface area (TPSA) is 12.0 Å². The van der Waals surface area contributed by atoms with E-state index in [1.54, 1.807) is 0 Å². The summed E-state index contributed by atoms with van der Waals surface area (Å²) in [6.07, 6.45) is 1.37. The van der Waals surface area contributed by atoms with E-state index in [0.717, 1.165) is 16.9 Å². The van der Waals surface area contributed by atoms with Crippen LogP contribution in [0.3, 0.4) is 0 Å². The van der Waals surface area contributed by atoms with E-state index in [9.17, 15) is 0 Å². The monoisotopic (exact) mass is 281 g/mol. The molecule has 0 aromatic heterocycles. The molecule has 0 bridgehead atoms. The fraction of sp³-hybridized carbons (Fsp3) is 0.571. The summed E-state index contributed by atoms with van der Waals surface area (Å²) in [5.41, 5.74) is 1.93. The van der Waals surface area contributed by atoms with E-state index >= 15 is 0 Å². The molecule has 1 aromatic carbocycles. The van der Waals surface area contributed by atoms with Gasteiger partial charge < -0.3 is 5.32 Å². The molecule has 88 valence electrons. The van der Waals surface area contributed by atoms with Crippen LogP contribution in [0, 0.1) is 11.3 Å². The number of hydrogen-bond acceptors (Lipinski definition) is 1. The van der Waals surface area contributed by atoms with E-state index in [-0.39, 0.29) is 0 Å². The summed E-state index contributed by atoms with van der Waals surface area (Å²) in [5.74, 6) is 0.863. The molecule has 1 fully saturated rings. The first-order valence-electron chi connectivity index (χ1n) is 5.98. The van der Waals surface area contributed by atoms with Gasteiger partial charge in [-0.15, -0.1) is 0 Å². The van der Waals surface area contributed by atoms with Gasteiger partial charge in [-0.25, -0.2) is 0 Å². The van der Waals surface area contributed by atoms with Crippen molar-refractivity contribution in [1.82, 2.24) is 5.32 Å². The number of nitrogens with one attached hydrogen (secondary N) is 1. The van der Waals surface area contributed by atoms with Crippen molar-refractivity contribution in [2.75, 3.05) is 6.54 Å². The minimum absolute atomic E-state index is 0.439. The molecule has 0 radical (unpaired) electrons. The fourth-order valence-electron chi connectivity index (χ4n) is 2.14. The minimum Gasteiger partial charge on any atom is -0.310 e. The summed E-state index contributed by atoms with van der Waals surface area (Å²) in [4.78, 5) is 0. The SMILES string of the molecule is CC(NCC1CC1(C)C)c1cccc(Br)c1. The van der Waals surface area contributed by atoms with Crippen molar-refractivity contribution in [3.8, 4) is 0 Å². The molecule has 0 aliphatic heterocycles. The third-order valence-electron chi connectivity index (χ3n) is 3.74. The van der Waals surface area contributed by atoms with Crippen LogP contribution in [0.2, 0.25) is 0 Å². The van der Waals surface area contributed by atoms with E-state index in [1.165, 1.54) is 12.0 Å². The van der Waals surface area contributed by atoms with Gasteiger partial charge in [0.1, 0.15) is 0 Å². The summed E-state index contributed by atoms with van der Waals surface area (Å²) in [5, 5.41) is 3.62. The molecule has 0 spiro atoms. The maximum Gasteiger partial charge on any atom is 0.0292 e. The summed E-state index contributed by atoms with van der Waals surface area (Å²) in [7, 11) is 0. The summed E-state index contributed by atoms with van der Waals surface area (Å²) in [6, 6.07) is 8.98. The van der Waals surface area contributed by atoms with Crippen molar-refractivity contribution in [3.05, 3.63) is 34.3 Å². The Balaban J connectivity index is 1.86. The Bertz CT molecular complexity index is 373. The number of benzene rings is 1. The Morgan fingerprint density at radius 2 is 2.19 bits per heavy atom. The van der Waals surface area contributed by atoms with Gasteiger partial charge in [0.25, 0.3) is 0 Å². The van der Waals surface area contributed by atoms with Crippen molar-refractivity contribution in [2.45, 2.75) is 33.2 Å². The van der Waals surface area contributed by atoms with Crippen LogP contribution in [-0.2, 0) is 0 Å². The first kappa shape index (κ1) is 12.1. The smallest absolute Gasteiger partial charge is 0.0292 e. The van der Waals surface area contributed by atoms with Crippen molar-refractivity contribution in [2.24, 2.45) is 11.3 Å². The van der Waals surface area contributed by atoms with Gasteiger partial charge in [0.2, 0.25) is 0 Å². The van der Waals surface area contributed by atoms with Gasteiger partial charge in [-0.05, 0) is 48.9 Å². The lowest BCUT2D eigenvalue weighted by Crippen LogP contribution is -2.22. The van der Waals surface area contributed by atoms with Crippen LogP contribution in [0.5, 0.6) is 0 Å². The van der Waals surface area contributed by atoms with Crippen molar-refractivity contribution in [1.29, 1.82) is 0 Å². The van der Waals surface area contributed by atoms with Crippen molar-refractivity contribution < 1.29 is 0 Å². The van der Waals surface area contributed by atoms with Crippen LogP contribution in [0.1, 0.15) is 38.8 Å². The van der Waals surface area contributed by atoms with Gasteiger partial charge in [-0.1, -0.05) is 41.9 Å². The standard InChI is InChI=1S/C14H20BrN/c1-10(11-5-4-6-13(15)7-11)16-9-12-8-14(12,2)3/h4-7,10,12,16H,8-9H2,1-3H3. The number of halogens is 1. The zero-order valence-electron chi connectivity index (χ0n) is 10.3. The molecule has 2 heteroatoms. The van der Waals surface area contributed by atoms with E-state index in [2.05, 4.69) is 66.3 Å².